The van der Waals surface area contributed by atoms with E-state index in [1.807, 2.05) is 24.3 Å². The van der Waals surface area contributed by atoms with Crippen molar-refractivity contribution in [2.45, 2.75) is 6.42 Å². The first-order valence-electron chi connectivity index (χ1n) is 8.63. The molecule has 0 bridgehead atoms. The van der Waals surface area contributed by atoms with Crippen LogP contribution in [0.15, 0.2) is 53.0 Å². The SMILES string of the molecule is COC(=O)COc1cccc(NC(=O)C2CC(=O)N(c3ccccc3Br)C2)c1. The number of rotatable bonds is 6. The molecule has 1 atom stereocenters. The van der Waals surface area contributed by atoms with Crippen molar-refractivity contribution in [2.75, 3.05) is 30.5 Å². The molecular weight excluding hydrogens is 428 g/mol. The molecule has 1 N–H and O–H groups in total. The van der Waals surface area contributed by atoms with E-state index in [1.165, 1.54) is 7.11 Å². The van der Waals surface area contributed by atoms with Gasteiger partial charge in [-0.05, 0) is 40.2 Å². The Bertz CT molecular complexity index is 902. The van der Waals surface area contributed by atoms with Gasteiger partial charge in [0.25, 0.3) is 0 Å². The molecule has 0 radical (unpaired) electrons. The number of carbonyl (C=O) groups excluding carboxylic acids is 3. The van der Waals surface area contributed by atoms with Crippen molar-refractivity contribution in [3.05, 3.63) is 53.0 Å². The third-order valence-electron chi connectivity index (χ3n) is 4.33. The second kappa shape index (κ2) is 8.88. The normalized spacial score (nSPS) is 16.0. The molecule has 1 aliphatic rings. The Balaban J connectivity index is 1.63. The minimum Gasteiger partial charge on any atom is -0.482 e. The van der Waals surface area contributed by atoms with Gasteiger partial charge in [-0.25, -0.2) is 4.79 Å². The summed E-state index contributed by atoms with van der Waals surface area (Å²) in [6.07, 6.45) is 0.145. The lowest BCUT2D eigenvalue weighted by atomic mass is 10.1. The molecule has 0 aromatic heterocycles. The lowest BCUT2D eigenvalue weighted by Gasteiger charge is -2.18. The van der Waals surface area contributed by atoms with Gasteiger partial charge in [-0.3, -0.25) is 9.59 Å². The summed E-state index contributed by atoms with van der Waals surface area (Å²) in [4.78, 5) is 37.8. The molecule has 0 saturated carbocycles. The van der Waals surface area contributed by atoms with Crippen LogP contribution in [0.1, 0.15) is 6.42 Å². The number of nitrogens with zero attached hydrogens (tertiary/aromatic N) is 1. The molecule has 2 amide bonds. The third kappa shape index (κ3) is 4.69. The average Bonchev–Trinajstić information content (AvgIpc) is 3.08. The summed E-state index contributed by atoms with van der Waals surface area (Å²) < 4.78 is 10.6. The first-order valence-corrected chi connectivity index (χ1v) is 9.42. The van der Waals surface area contributed by atoms with Crippen LogP contribution in [0.2, 0.25) is 0 Å². The zero-order chi connectivity index (χ0) is 20.1. The van der Waals surface area contributed by atoms with Crippen LogP contribution in [0.4, 0.5) is 11.4 Å². The second-order valence-electron chi connectivity index (χ2n) is 6.24. The van der Waals surface area contributed by atoms with Crippen molar-refractivity contribution in [3.8, 4) is 5.75 Å². The number of benzene rings is 2. The van der Waals surface area contributed by atoms with Crippen LogP contribution in [0.25, 0.3) is 0 Å². The molecule has 28 heavy (non-hydrogen) atoms. The van der Waals surface area contributed by atoms with Gasteiger partial charge in [-0.2, -0.15) is 0 Å². The minimum absolute atomic E-state index is 0.0952. The Labute approximate surface area is 170 Å². The highest BCUT2D eigenvalue weighted by Gasteiger charge is 2.35. The molecule has 1 aliphatic heterocycles. The van der Waals surface area contributed by atoms with Gasteiger partial charge in [-0.15, -0.1) is 0 Å². The monoisotopic (exact) mass is 446 g/mol. The number of nitrogens with one attached hydrogen (secondary N) is 1. The quantitative estimate of drug-likeness (QED) is 0.689. The van der Waals surface area contributed by atoms with Crippen molar-refractivity contribution < 1.29 is 23.9 Å². The van der Waals surface area contributed by atoms with Crippen LogP contribution in [0.5, 0.6) is 5.75 Å². The van der Waals surface area contributed by atoms with Crippen molar-refractivity contribution in [1.29, 1.82) is 0 Å². The molecule has 1 saturated heterocycles. The van der Waals surface area contributed by atoms with E-state index in [0.29, 0.717) is 18.0 Å². The minimum atomic E-state index is -0.494. The Kier molecular flexibility index (Phi) is 6.30. The smallest absolute Gasteiger partial charge is 0.343 e. The summed E-state index contributed by atoms with van der Waals surface area (Å²) in [6, 6.07) is 14.1. The molecule has 146 valence electrons. The Morgan fingerprint density at radius 3 is 2.75 bits per heavy atom. The number of hydrogen-bond acceptors (Lipinski definition) is 5. The van der Waals surface area contributed by atoms with Gasteiger partial charge in [0.2, 0.25) is 11.8 Å². The van der Waals surface area contributed by atoms with Gasteiger partial charge in [-0.1, -0.05) is 18.2 Å². The third-order valence-corrected chi connectivity index (χ3v) is 5.00. The topological polar surface area (TPSA) is 84.9 Å². The summed E-state index contributed by atoms with van der Waals surface area (Å²) in [7, 11) is 1.28. The van der Waals surface area contributed by atoms with Gasteiger partial charge in [0.15, 0.2) is 6.61 Å². The number of carbonyl (C=O) groups is 3. The zero-order valence-corrected chi connectivity index (χ0v) is 16.8. The summed E-state index contributed by atoms with van der Waals surface area (Å²) in [5, 5.41) is 2.81. The molecule has 0 aliphatic carbocycles. The Hall–Kier alpha value is -2.87. The van der Waals surface area contributed by atoms with E-state index < -0.39 is 11.9 Å². The predicted molar refractivity (Wildman–Crippen MR) is 107 cm³/mol. The maximum Gasteiger partial charge on any atom is 0.343 e. The first-order chi connectivity index (χ1) is 13.5. The largest absolute Gasteiger partial charge is 0.482 e. The molecule has 0 spiro atoms. The van der Waals surface area contributed by atoms with Crippen molar-refractivity contribution in [1.82, 2.24) is 0 Å². The van der Waals surface area contributed by atoms with E-state index in [-0.39, 0.29) is 24.8 Å². The lowest BCUT2D eigenvalue weighted by Crippen LogP contribution is -2.28. The number of halogens is 1. The van der Waals surface area contributed by atoms with E-state index in [1.54, 1.807) is 29.2 Å². The highest BCUT2D eigenvalue weighted by atomic mass is 79.9. The second-order valence-corrected chi connectivity index (χ2v) is 7.09. The van der Waals surface area contributed by atoms with Crippen LogP contribution in [0, 0.1) is 5.92 Å². The van der Waals surface area contributed by atoms with Gasteiger partial charge in [0.05, 0.1) is 18.7 Å². The molecule has 1 heterocycles. The van der Waals surface area contributed by atoms with E-state index in [2.05, 4.69) is 26.0 Å². The number of methoxy groups -OCH3 is 1. The van der Waals surface area contributed by atoms with Crippen molar-refractivity contribution in [3.63, 3.8) is 0 Å². The Morgan fingerprint density at radius 1 is 1.21 bits per heavy atom. The number of para-hydroxylation sites is 1. The van der Waals surface area contributed by atoms with E-state index in [9.17, 15) is 14.4 Å². The van der Waals surface area contributed by atoms with Crippen molar-refractivity contribution >= 4 is 45.1 Å². The lowest BCUT2D eigenvalue weighted by molar-refractivity contribution is -0.142. The van der Waals surface area contributed by atoms with Crippen LogP contribution < -0.4 is 15.0 Å². The molecular formula is C20H19BrN2O5. The maximum absolute atomic E-state index is 12.6. The zero-order valence-electron chi connectivity index (χ0n) is 15.2. The fourth-order valence-corrected chi connectivity index (χ4v) is 3.39. The summed E-state index contributed by atoms with van der Waals surface area (Å²) in [5.41, 5.74) is 1.28. The van der Waals surface area contributed by atoms with E-state index in [0.717, 1.165) is 10.2 Å². The molecule has 3 rings (SSSR count). The van der Waals surface area contributed by atoms with Gasteiger partial charge < -0.3 is 19.7 Å². The van der Waals surface area contributed by atoms with Crippen LogP contribution >= 0.6 is 15.9 Å². The molecule has 1 unspecified atom stereocenters. The number of esters is 1. The molecule has 1 fully saturated rings. The van der Waals surface area contributed by atoms with Gasteiger partial charge in [0.1, 0.15) is 5.75 Å². The fourth-order valence-electron chi connectivity index (χ4n) is 2.90. The summed E-state index contributed by atoms with van der Waals surface area (Å²) >= 11 is 3.44. The summed E-state index contributed by atoms with van der Waals surface area (Å²) in [6.45, 7) is 0.0950. The fraction of sp³-hybridized carbons (Fsp3) is 0.250. The number of ether oxygens (including phenoxy) is 2. The average molecular weight is 447 g/mol. The Morgan fingerprint density at radius 2 is 2.00 bits per heavy atom. The summed E-state index contributed by atoms with van der Waals surface area (Å²) in [5.74, 6) is -0.860. The standard InChI is InChI=1S/C20H19BrN2O5/c1-27-19(25)12-28-15-6-4-5-14(10-15)22-20(26)13-9-18(24)23(11-13)17-8-3-2-7-16(17)21/h2-8,10,13H,9,11-12H2,1H3,(H,22,26). The molecule has 2 aromatic carbocycles. The molecule has 8 heteroatoms. The predicted octanol–water partition coefficient (Wildman–Crippen LogP) is 2.99. The van der Waals surface area contributed by atoms with Crippen LogP contribution in [-0.2, 0) is 19.1 Å². The van der Waals surface area contributed by atoms with E-state index in [4.69, 9.17) is 4.74 Å². The number of hydrogen-bond donors (Lipinski definition) is 1. The van der Waals surface area contributed by atoms with Gasteiger partial charge >= 0.3 is 5.97 Å². The first kappa shape index (κ1) is 19.9. The van der Waals surface area contributed by atoms with Gasteiger partial charge in [0, 0.05) is 29.2 Å². The molecule has 7 nitrogen and oxygen atoms in total. The van der Waals surface area contributed by atoms with Crippen LogP contribution in [-0.4, -0.2) is 38.0 Å². The highest BCUT2D eigenvalue weighted by molar-refractivity contribution is 9.10. The number of amides is 2. The van der Waals surface area contributed by atoms with Crippen LogP contribution in [0.3, 0.4) is 0 Å². The van der Waals surface area contributed by atoms with E-state index >= 15 is 0 Å². The molecule has 2 aromatic rings. The maximum atomic E-state index is 12.6. The van der Waals surface area contributed by atoms with Crippen molar-refractivity contribution in [2.24, 2.45) is 5.92 Å². The highest BCUT2D eigenvalue weighted by Crippen LogP contribution is 2.31. The number of anilines is 2.